The van der Waals surface area contributed by atoms with Gasteiger partial charge in [-0.3, -0.25) is 10.1 Å². The molecule has 0 aliphatic rings. The van der Waals surface area contributed by atoms with Crippen LogP contribution in [0.25, 0.3) is 10.2 Å². The number of fused-ring (bicyclic) bond motifs is 1. The molecule has 0 unspecified atom stereocenters. The number of thiazole rings is 1. The molecule has 0 aliphatic carbocycles. The van der Waals surface area contributed by atoms with Crippen molar-refractivity contribution >= 4 is 44.2 Å². The zero-order valence-corrected chi connectivity index (χ0v) is 13.5. The molecular weight excluding hydrogens is 323 g/mol. The average molecular weight is 335 g/mol. The molecule has 1 heterocycles. The highest BCUT2D eigenvalue weighted by molar-refractivity contribution is 7.22. The molecule has 0 saturated heterocycles. The summed E-state index contributed by atoms with van der Waals surface area (Å²) in [5.74, 6) is -1.25. The molecule has 1 aromatic heterocycles. The SMILES string of the molecule is Cc1ccc(C)c2sc(NC(=O)c3c(F)cccc3Cl)nc12. The van der Waals surface area contributed by atoms with E-state index < -0.39 is 11.7 Å². The lowest BCUT2D eigenvalue weighted by Gasteiger charge is -2.04. The number of carbonyl (C=O) groups excluding carboxylic acids is 1. The zero-order valence-electron chi connectivity index (χ0n) is 11.9. The van der Waals surface area contributed by atoms with Gasteiger partial charge in [-0.15, -0.1) is 0 Å². The van der Waals surface area contributed by atoms with Crippen LogP contribution in [0.4, 0.5) is 9.52 Å². The maximum atomic E-state index is 13.8. The summed E-state index contributed by atoms with van der Waals surface area (Å²) in [5.41, 5.74) is 2.79. The maximum Gasteiger partial charge on any atom is 0.261 e. The lowest BCUT2D eigenvalue weighted by Crippen LogP contribution is -2.14. The van der Waals surface area contributed by atoms with Crippen molar-refractivity contribution < 1.29 is 9.18 Å². The Bertz CT molecular complexity index is 832. The normalized spacial score (nSPS) is 10.9. The Hall–Kier alpha value is -1.98. The maximum absolute atomic E-state index is 13.8. The smallest absolute Gasteiger partial charge is 0.261 e. The number of halogens is 2. The van der Waals surface area contributed by atoms with Crippen LogP contribution in [0.15, 0.2) is 30.3 Å². The Balaban J connectivity index is 1.98. The van der Waals surface area contributed by atoms with E-state index in [0.717, 1.165) is 21.3 Å². The molecule has 6 heteroatoms. The number of carbonyl (C=O) groups is 1. The first-order chi connectivity index (χ1) is 10.5. The van der Waals surface area contributed by atoms with Crippen LogP contribution in [-0.2, 0) is 0 Å². The number of aryl methyl sites for hydroxylation is 2. The zero-order chi connectivity index (χ0) is 15.9. The Morgan fingerprint density at radius 2 is 1.95 bits per heavy atom. The van der Waals surface area contributed by atoms with Gasteiger partial charge < -0.3 is 0 Å². The van der Waals surface area contributed by atoms with E-state index >= 15 is 0 Å². The standard InChI is InChI=1S/C16H12ClFN2OS/c1-8-6-7-9(2)14-13(8)19-16(22-14)20-15(21)12-10(17)4-3-5-11(12)18/h3-7H,1-2H3,(H,19,20,21). The fourth-order valence-electron chi connectivity index (χ4n) is 2.19. The van der Waals surface area contributed by atoms with E-state index in [1.54, 1.807) is 0 Å². The van der Waals surface area contributed by atoms with Crippen molar-refractivity contribution in [1.29, 1.82) is 0 Å². The van der Waals surface area contributed by atoms with Crippen LogP contribution in [0.1, 0.15) is 21.5 Å². The Labute approximate surface area is 135 Å². The third-order valence-corrected chi connectivity index (χ3v) is 4.77. The molecule has 2 aromatic carbocycles. The van der Waals surface area contributed by atoms with Crippen LogP contribution in [-0.4, -0.2) is 10.9 Å². The summed E-state index contributed by atoms with van der Waals surface area (Å²) in [6.07, 6.45) is 0. The van der Waals surface area contributed by atoms with Gasteiger partial charge in [-0.25, -0.2) is 9.37 Å². The molecule has 1 N–H and O–H groups in total. The molecule has 3 aromatic rings. The lowest BCUT2D eigenvalue weighted by atomic mass is 10.1. The van der Waals surface area contributed by atoms with E-state index in [0.29, 0.717) is 5.13 Å². The molecule has 0 aliphatic heterocycles. The second kappa shape index (κ2) is 5.66. The first-order valence-electron chi connectivity index (χ1n) is 6.59. The van der Waals surface area contributed by atoms with Gasteiger partial charge in [0.05, 0.1) is 20.8 Å². The molecule has 0 spiro atoms. The molecule has 0 atom stereocenters. The van der Waals surface area contributed by atoms with Crippen molar-refractivity contribution in [2.45, 2.75) is 13.8 Å². The van der Waals surface area contributed by atoms with Crippen LogP contribution < -0.4 is 5.32 Å². The second-order valence-corrected chi connectivity index (χ2v) is 6.35. The summed E-state index contributed by atoms with van der Waals surface area (Å²) in [6.45, 7) is 3.94. The van der Waals surface area contributed by atoms with Gasteiger partial charge in [0.15, 0.2) is 5.13 Å². The molecule has 0 fully saturated rings. The van der Waals surface area contributed by atoms with E-state index in [1.807, 2.05) is 26.0 Å². The summed E-state index contributed by atoms with van der Waals surface area (Å²) >= 11 is 7.27. The van der Waals surface area contributed by atoms with Crippen LogP contribution >= 0.6 is 22.9 Å². The molecule has 0 bridgehead atoms. The van der Waals surface area contributed by atoms with Crippen molar-refractivity contribution in [1.82, 2.24) is 4.98 Å². The summed E-state index contributed by atoms with van der Waals surface area (Å²) < 4.78 is 14.8. The van der Waals surface area contributed by atoms with Crippen LogP contribution in [0.3, 0.4) is 0 Å². The number of rotatable bonds is 2. The number of benzene rings is 2. The van der Waals surface area contributed by atoms with Crippen LogP contribution in [0, 0.1) is 19.7 Å². The number of hydrogen-bond donors (Lipinski definition) is 1. The minimum atomic E-state index is -0.654. The minimum absolute atomic E-state index is 0.0750. The Morgan fingerprint density at radius 1 is 1.23 bits per heavy atom. The van der Waals surface area contributed by atoms with E-state index in [2.05, 4.69) is 10.3 Å². The fourth-order valence-corrected chi connectivity index (χ4v) is 3.44. The monoisotopic (exact) mass is 334 g/mol. The van der Waals surface area contributed by atoms with E-state index in [9.17, 15) is 9.18 Å². The van der Waals surface area contributed by atoms with Gasteiger partial charge in [-0.2, -0.15) is 0 Å². The van der Waals surface area contributed by atoms with Crippen LogP contribution in [0.2, 0.25) is 5.02 Å². The van der Waals surface area contributed by atoms with Gasteiger partial charge in [0.1, 0.15) is 5.82 Å². The molecule has 112 valence electrons. The average Bonchev–Trinajstić information content (AvgIpc) is 2.88. The number of amides is 1. The van der Waals surface area contributed by atoms with Crippen molar-refractivity contribution in [2.24, 2.45) is 0 Å². The first kappa shape index (κ1) is 14.9. The third kappa shape index (κ3) is 2.58. The predicted octanol–water partition coefficient (Wildman–Crippen LogP) is 4.96. The molecule has 0 radical (unpaired) electrons. The van der Waals surface area contributed by atoms with Crippen molar-refractivity contribution in [3.05, 3.63) is 57.9 Å². The Morgan fingerprint density at radius 3 is 2.64 bits per heavy atom. The molecule has 3 nitrogen and oxygen atoms in total. The highest BCUT2D eigenvalue weighted by Gasteiger charge is 2.18. The molecular formula is C16H12ClFN2OS. The van der Waals surface area contributed by atoms with Gasteiger partial charge in [0.25, 0.3) is 5.91 Å². The van der Waals surface area contributed by atoms with Gasteiger partial charge in [0, 0.05) is 0 Å². The van der Waals surface area contributed by atoms with Gasteiger partial charge in [0.2, 0.25) is 0 Å². The molecule has 0 saturated carbocycles. The minimum Gasteiger partial charge on any atom is -0.298 e. The largest absolute Gasteiger partial charge is 0.298 e. The highest BCUT2D eigenvalue weighted by atomic mass is 35.5. The van der Waals surface area contributed by atoms with E-state index in [1.165, 1.54) is 29.5 Å². The number of aromatic nitrogens is 1. The fraction of sp³-hybridized carbons (Fsp3) is 0.125. The molecule has 1 amide bonds. The van der Waals surface area contributed by atoms with E-state index in [-0.39, 0.29) is 10.6 Å². The molecule has 3 rings (SSSR count). The van der Waals surface area contributed by atoms with Crippen molar-refractivity contribution in [2.75, 3.05) is 5.32 Å². The van der Waals surface area contributed by atoms with Crippen LogP contribution in [0.5, 0.6) is 0 Å². The van der Waals surface area contributed by atoms with Gasteiger partial charge in [-0.05, 0) is 37.1 Å². The predicted molar refractivity (Wildman–Crippen MR) is 88.5 cm³/mol. The van der Waals surface area contributed by atoms with Crippen molar-refractivity contribution in [3.63, 3.8) is 0 Å². The lowest BCUT2D eigenvalue weighted by molar-refractivity contribution is 0.102. The number of nitrogens with one attached hydrogen (secondary N) is 1. The summed E-state index contributed by atoms with van der Waals surface area (Å²) in [7, 11) is 0. The summed E-state index contributed by atoms with van der Waals surface area (Å²) in [6, 6.07) is 8.13. The number of anilines is 1. The second-order valence-electron chi connectivity index (χ2n) is 4.95. The topological polar surface area (TPSA) is 42.0 Å². The third-order valence-electron chi connectivity index (χ3n) is 3.35. The summed E-state index contributed by atoms with van der Waals surface area (Å²) in [4.78, 5) is 16.7. The highest BCUT2D eigenvalue weighted by Crippen LogP contribution is 2.31. The quantitative estimate of drug-likeness (QED) is 0.719. The molecule has 22 heavy (non-hydrogen) atoms. The van der Waals surface area contributed by atoms with Gasteiger partial charge >= 0.3 is 0 Å². The van der Waals surface area contributed by atoms with E-state index in [4.69, 9.17) is 11.6 Å². The first-order valence-corrected chi connectivity index (χ1v) is 7.79. The number of nitrogens with zero attached hydrogens (tertiary/aromatic N) is 1. The van der Waals surface area contributed by atoms with Gasteiger partial charge in [-0.1, -0.05) is 41.1 Å². The van der Waals surface area contributed by atoms with Crippen molar-refractivity contribution in [3.8, 4) is 0 Å². The Kier molecular flexibility index (Phi) is 3.85. The summed E-state index contributed by atoms with van der Waals surface area (Å²) in [5, 5.41) is 3.13. The number of hydrogen-bond acceptors (Lipinski definition) is 3.